The number of ether oxygens (including phenoxy) is 1. The van der Waals surface area contributed by atoms with Gasteiger partial charge in [-0.1, -0.05) is 6.07 Å². The van der Waals surface area contributed by atoms with Crippen molar-refractivity contribution in [3.8, 4) is 16.9 Å². The summed E-state index contributed by atoms with van der Waals surface area (Å²) < 4.78 is 6.06. The van der Waals surface area contributed by atoms with E-state index in [1.54, 1.807) is 24.5 Å². The monoisotopic (exact) mass is 267 g/mol. The summed E-state index contributed by atoms with van der Waals surface area (Å²) in [7, 11) is 0. The van der Waals surface area contributed by atoms with Gasteiger partial charge in [0, 0.05) is 23.2 Å². The summed E-state index contributed by atoms with van der Waals surface area (Å²) in [5.41, 5.74) is 3.36. The molecule has 0 amide bonds. The minimum Gasteiger partial charge on any atom is -0.483 e. The molecule has 1 saturated carbocycles. The zero-order valence-electron chi connectivity index (χ0n) is 10.7. The molecule has 0 saturated heterocycles. The third kappa shape index (κ3) is 1.68. The van der Waals surface area contributed by atoms with E-state index in [2.05, 4.69) is 4.98 Å². The predicted molar refractivity (Wildman–Crippen MR) is 72.7 cm³/mol. The van der Waals surface area contributed by atoms with E-state index in [4.69, 9.17) is 4.74 Å². The van der Waals surface area contributed by atoms with Gasteiger partial charge in [0.25, 0.3) is 0 Å². The van der Waals surface area contributed by atoms with Gasteiger partial charge in [0.15, 0.2) is 0 Å². The molecule has 1 aliphatic heterocycles. The van der Waals surface area contributed by atoms with Crippen LogP contribution in [0.4, 0.5) is 0 Å². The largest absolute Gasteiger partial charge is 0.483 e. The number of hydrogen-bond donors (Lipinski definition) is 1. The molecule has 100 valence electrons. The summed E-state index contributed by atoms with van der Waals surface area (Å²) in [6.07, 6.45) is 5.70. The van der Waals surface area contributed by atoms with Gasteiger partial charge in [-0.25, -0.2) is 4.79 Å². The summed E-state index contributed by atoms with van der Waals surface area (Å²) in [6, 6.07) is 7.21. The molecular formula is C16H13NO3. The molecule has 2 aliphatic rings. The van der Waals surface area contributed by atoms with Crippen LogP contribution in [-0.2, 0) is 0 Å². The maximum Gasteiger partial charge on any atom is 0.335 e. The van der Waals surface area contributed by atoms with Crippen molar-refractivity contribution in [1.29, 1.82) is 0 Å². The number of hydrogen-bond acceptors (Lipinski definition) is 3. The number of carbonyl (C=O) groups is 1. The van der Waals surface area contributed by atoms with Gasteiger partial charge < -0.3 is 9.84 Å². The fraction of sp³-hybridized carbons (Fsp3) is 0.250. The first-order valence-corrected chi connectivity index (χ1v) is 6.72. The van der Waals surface area contributed by atoms with Gasteiger partial charge in [0.2, 0.25) is 0 Å². The highest BCUT2D eigenvalue weighted by atomic mass is 16.5. The van der Waals surface area contributed by atoms with Gasteiger partial charge in [0.1, 0.15) is 11.9 Å². The van der Waals surface area contributed by atoms with E-state index in [1.165, 1.54) is 0 Å². The van der Waals surface area contributed by atoms with Crippen molar-refractivity contribution in [3.63, 3.8) is 0 Å². The number of carboxylic acids is 1. The van der Waals surface area contributed by atoms with Crippen LogP contribution in [0.25, 0.3) is 11.1 Å². The number of aromatic carboxylic acids is 1. The quantitative estimate of drug-likeness (QED) is 0.907. The fourth-order valence-corrected chi connectivity index (χ4v) is 2.82. The number of aromatic nitrogens is 1. The second-order valence-electron chi connectivity index (χ2n) is 5.35. The molecule has 1 atom stereocenters. The maximum absolute atomic E-state index is 11.2. The number of fused-ring (bicyclic) bond motifs is 3. The Bertz CT molecular complexity index is 707. The summed E-state index contributed by atoms with van der Waals surface area (Å²) in [6.45, 7) is 0. The third-order valence-electron chi connectivity index (χ3n) is 3.98. The molecule has 1 N–H and O–H groups in total. The van der Waals surface area contributed by atoms with E-state index in [-0.39, 0.29) is 6.10 Å². The highest BCUT2D eigenvalue weighted by Crippen LogP contribution is 2.51. The molecule has 1 aliphatic carbocycles. The van der Waals surface area contributed by atoms with Crippen molar-refractivity contribution >= 4 is 5.97 Å². The smallest absolute Gasteiger partial charge is 0.335 e. The van der Waals surface area contributed by atoms with E-state index < -0.39 is 5.97 Å². The van der Waals surface area contributed by atoms with E-state index in [0.717, 1.165) is 35.3 Å². The van der Waals surface area contributed by atoms with Crippen LogP contribution >= 0.6 is 0 Å². The molecule has 20 heavy (non-hydrogen) atoms. The van der Waals surface area contributed by atoms with Gasteiger partial charge >= 0.3 is 5.97 Å². The Kier molecular flexibility index (Phi) is 2.33. The standard InChI is InChI=1S/C16H13NO3/c18-16(19)10-3-4-11-12-5-6-17-8-14(12)20-15(9-1-2-9)13(11)7-10/h3-9,15H,1-2H2,(H,18,19). The van der Waals surface area contributed by atoms with Crippen LogP contribution in [0.5, 0.6) is 5.75 Å². The van der Waals surface area contributed by atoms with Crippen molar-refractivity contribution in [2.45, 2.75) is 18.9 Å². The van der Waals surface area contributed by atoms with Gasteiger partial charge in [-0.3, -0.25) is 4.98 Å². The molecule has 2 aromatic rings. The van der Waals surface area contributed by atoms with E-state index in [1.807, 2.05) is 12.1 Å². The third-order valence-corrected chi connectivity index (χ3v) is 3.98. The Balaban J connectivity index is 1.92. The Labute approximate surface area is 116 Å². The topological polar surface area (TPSA) is 59.4 Å². The zero-order chi connectivity index (χ0) is 13.7. The minimum atomic E-state index is -0.900. The molecule has 4 heteroatoms. The zero-order valence-corrected chi connectivity index (χ0v) is 10.7. The highest BCUT2D eigenvalue weighted by molar-refractivity contribution is 5.89. The summed E-state index contributed by atoms with van der Waals surface area (Å²) in [5, 5.41) is 9.17. The molecule has 1 fully saturated rings. The minimum absolute atomic E-state index is 0.0407. The molecule has 2 heterocycles. The average molecular weight is 267 g/mol. The van der Waals surface area contributed by atoms with Crippen LogP contribution < -0.4 is 4.74 Å². The Morgan fingerprint density at radius 1 is 1.25 bits per heavy atom. The van der Waals surface area contributed by atoms with Crippen LogP contribution in [0.1, 0.15) is 34.9 Å². The van der Waals surface area contributed by atoms with Crippen LogP contribution in [0.2, 0.25) is 0 Å². The number of carboxylic acid groups (broad SMARTS) is 1. The van der Waals surface area contributed by atoms with Crippen LogP contribution in [0.15, 0.2) is 36.7 Å². The molecule has 0 bridgehead atoms. The molecule has 0 spiro atoms. The first-order chi connectivity index (χ1) is 9.74. The second kappa shape index (κ2) is 4.07. The van der Waals surface area contributed by atoms with E-state index >= 15 is 0 Å². The number of nitrogens with zero attached hydrogens (tertiary/aromatic N) is 1. The van der Waals surface area contributed by atoms with Crippen LogP contribution in [-0.4, -0.2) is 16.1 Å². The lowest BCUT2D eigenvalue weighted by atomic mass is 9.90. The second-order valence-corrected chi connectivity index (χ2v) is 5.35. The summed E-state index contributed by atoms with van der Waals surface area (Å²) in [4.78, 5) is 15.3. The van der Waals surface area contributed by atoms with Gasteiger partial charge in [0.05, 0.1) is 11.8 Å². The van der Waals surface area contributed by atoms with Crippen molar-refractivity contribution in [3.05, 3.63) is 47.8 Å². The molecule has 1 aromatic carbocycles. The maximum atomic E-state index is 11.2. The number of pyridine rings is 1. The van der Waals surface area contributed by atoms with Crippen molar-refractivity contribution in [2.75, 3.05) is 0 Å². The van der Waals surface area contributed by atoms with E-state index in [0.29, 0.717) is 11.5 Å². The van der Waals surface area contributed by atoms with Gasteiger partial charge in [-0.15, -0.1) is 0 Å². The molecule has 4 nitrogen and oxygen atoms in total. The van der Waals surface area contributed by atoms with Crippen molar-refractivity contribution < 1.29 is 14.6 Å². The Morgan fingerprint density at radius 3 is 2.85 bits per heavy atom. The highest BCUT2D eigenvalue weighted by Gasteiger charge is 2.38. The lowest BCUT2D eigenvalue weighted by Gasteiger charge is -2.28. The first-order valence-electron chi connectivity index (χ1n) is 6.72. The van der Waals surface area contributed by atoms with Gasteiger partial charge in [-0.05, 0) is 36.6 Å². The lowest BCUT2D eigenvalue weighted by molar-refractivity contribution is 0.0696. The van der Waals surface area contributed by atoms with Crippen molar-refractivity contribution in [1.82, 2.24) is 4.98 Å². The molecule has 4 rings (SSSR count). The Hall–Kier alpha value is -2.36. The molecule has 0 radical (unpaired) electrons. The van der Waals surface area contributed by atoms with E-state index in [9.17, 15) is 9.90 Å². The average Bonchev–Trinajstić information content (AvgIpc) is 3.30. The number of rotatable bonds is 2. The number of benzene rings is 1. The Morgan fingerprint density at radius 2 is 2.10 bits per heavy atom. The fourth-order valence-electron chi connectivity index (χ4n) is 2.82. The molecule has 1 unspecified atom stereocenters. The molecular weight excluding hydrogens is 254 g/mol. The normalized spacial score (nSPS) is 19.7. The lowest BCUT2D eigenvalue weighted by Crippen LogP contribution is -2.17. The molecule has 1 aromatic heterocycles. The predicted octanol–water partition coefficient (Wildman–Crippen LogP) is 3.29. The van der Waals surface area contributed by atoms with Crippen LogP contribution in [0.3, 0.4) is 0 Å². The van der Waals surface area contributed by atoms with Gasteiger partial charge in [-0.2, -0.15) is 0 Å². The SMILES string of the molecule is O=C(O)c1ccc2c(c1)C(C1CC1)Oc1cnccc1-2. The summed E-state index contributed by atoms with van der Waals surface area (Å²) in [5.74, 6) is 0.383. The van der Waals surface area contributed by atoms with Crippen molar-refractivity contribution in [2.24, 2.45) is 5.92 Å². The summed E-state index contributed by atoms with van der Waals surface area (Å²) >= 11 is 0. The van der Waals surface area contributed by atoms with Crippen LogP contribution in [0, 0.1) is 5.92 Å². The first kappa shape index (κ1) is 11.5.